The molecule has 0 saturated carbocycles. The van der Waals surface area contributed by atoms with E-state index in [2.05, 4.69) is 4.90 Å². The summed E-state index contributed by atoms with van der Waals surface area (Å²) in [5.41, 5.74) is 5.96. The Morgan fingerprint density at radius 3 is 2.73 bits per heavy atom. The summed E-state index contributed by atoms with van der Waals surface area (Å²) in [5, 5.41) is 0. The van der Waals surface area contributed by atoms with Gasteiger partial charge in [0.25, 0.3) is 0 Å². The molecule has 64 valence electrons. The van der Waals surface area contributed by atoms with Gasteiger partial charge in [-0.25, -0.2) is 0 Å². The first kappa shape index (κ1) is 9.01. The summed E-state index contributed by atoms with van der Waals surface area (Å²) in [7, 11) is 0. The lowest BCUT2D eigenvalue weighted by molar-refractivity contribution is 0.107. The van der Waals surface area contributed by atoms with Crippen LogP contribution in [0.3, 0.4) is 0 Å². The Morgan fingerprint density at radius 2 is 2.00 bits per heavy atom. The number of hydrogen-bond acceptors (Lipinski definition) is 2. The predicted molar refractivity (Wildman–Crippen MR) is 47.1 cm³/mol. The Labute approximate surface area is 69.8 Å². The Kier molecular flexibility index (Phi) is 2.90. The van der Waals surface area contributed by atoms with Gasteiger partial charge < -0.3 is 10.6 Å². The molecule has 3 unspecified atom stereocenters. The molecular weight excluding hydrogens is 136 g/mol. The van der Waals surface area contributed by atoms with Crippen molar-refractivity contribution in [3.8, 4) is 0 Å². The summed E-state index contributed by atoms with van der Waals surface area (Å²) < 4.78 is 0. The van der Waals surface area contributed by atoms with Gasteiger partial charge in [0, 0.05) is 12.6 Å². The van der Waals surface area contributed by atoms with E-state index < -0.39 is 0 Å². The lowest BCUT2D eigenvalue weighted by Crippen LogP contribution is -2.50. The van der Waals surface area contributed by atoms with Gasteiger partial charge in [0.2, 0.25) is 0 Å². The minimum absolute atomic E-state index is 0. The molecule has 11 heavy (non-hydrogen) atoms. The summed E-state index contributed by atoms with van der Waals surface area (Å²) in [6.45, 7) is 3.85. The number of hydrogen-bond donors (Lipinski definition) is 1. The smallest absolute Gasteiger partial charge is 0.00915 e. The van der Waals surface area contributed by atoms with Gasteiger partial charge in [-0.2, -0.15) is 0 Å². The van der Waals surface area contributed by atoms with Crippen LogP contribution in [-0.2, 0) is 0 Å². The van der Waals surface area contributed by atoms with Crippen LogP contribution < -0.4 is 5.73 Å². The van der Waals surface area contributed by atoms with Crippen molar-refractivity contribution < 1.29 is 0 Å². The summed E-state index contributed by atoms with van der Waals surface area (Å²) in [5.74, 6) is 0.822. The monoisotopic (exact) mass is 154 g/mol. The SMILES string of the molecule is NC1CCN2CCCC1C2.[CH2]. The molecule has 3 atom stereocenters. The Balaban J connectivity index is 0.000000605. The molecule has 2 heteroatoms. The van der Waals surface area contributed by atoms with E-state index in [0.29, 0.717) is 6.04 Å². The summed E-state index contributed by atoms with van der Waals surface area (Å²) >= 11 is 0. The van der Waals surface area contributed by atoms with Gasteiger partial charge in [-0.3, -0.25) is 0 Å². The van der Waals surface area contributed by atoms with E-state index in [1.807, 2.05) is 0 Å². The van der Waals surface area contributed by atoms with Crippen LogP contribution in [0.25, 0.3) is 0 Å². The third-order valence-corrected chi connectivity index (χ3v) is 2.93. The highest BCUT2D eigenvalue weighted by Gasteiger charge is 2.29. The first-order valence-electron chi connectivity index (χ1n) is 4.34. The van der Waals surface area contributed by atoms with Gasteiger partial charge in [-0.1, -0.05) is 7.43 Å². The first-order chi connectivity index (χ1) is 4.86. The molecular formula is C9H18N2. The molecule has 0 aliphatic carbocycles. The molecule has 0 amide bonds. The van der Waals surface area contributed by atoms with E-state index in [0.717, 1.165) is 5.92 Å². The third kappa shape index (κ3) is 1.74. The molecule has 2 nitrogen and oxygen atoms in total. The topological polar surface area (TPSA) is 29.3 Å². The van der Waals surface area contributed by atoms with Crippen LogP contribution in [0.2, 0.25) is 0 Å². The van der Waals surface area contributed by atoms with Crippen molar-refractivity contribution in [1.82, 2.24) is 4.90 Å². The maximum Gasteiger partial charge on any atom is 0.00915 e. The van der Waals surface area contributed by atoms with Crippen LogP contribution in [0, 0.1) is 13.3 Å². The molecule has 2 bridgehead atoms. The van der Waals surface area contributed by atoms with Gasteiger partial charge in [0.15, 0.2) is 0 Å². The highest BCUT2D eigenvalue weighted by molar-refractivity contribution is 4.86. The molecule has 2 saturated heterocycles. The van der Waals surface area contributed by atoms with Gasteiger partial charge in [0.05, 0.1) is 0 Å². The van der Waals surface area contributed by atoms with Crippen LogP contribution in [0.5, 0.6) is 0 Å². The number of nitrogens with two attached hydrogens (primary N) is 1. The number of nitrogens with zero attached hydrogens (tertiary/aromatic N) is 1. The molecule has 2 aliphatic heterocycles. The Bertz CT molecular complexity index is 123. The molecule has 2 fully saturated rings. The van der Waals surface area contributed by atoms with Crippen molar-refractivity contribution in [1.29, 1.82) is 0 Å². The fourth-order valence-electron chi connectivity index (χ4n) is 2.21. The molecule has 2 aliphatic rings. The second-order valence-electron chi connectivity index (χ2n) is 3.66. The number of rotatable bonds is 0. The lowest BCUT2D eigenvalue weighted by atomic mass is 9.86. The largest absolute Gasteiger partial charge is 0.327 e. The van der Waals surface area contributed by atoms with Gasteiger partial charge in [-0.05, 0) is 38.3 Å². The Morgan fingerprint density at radius 1 is 1.18 bits per heavy atom. The van der Waals surface area contributed by atoms with Gasteiger partial charge >= 0.3 is 0 Å². The van der Waals surface area contributed by atoms with Crippen molar-refractivity contribution >= 4 is 0 Å². The van der Waals surface area contributed by atoms with E-state index in [1.54, 1.807) is 0 Å². The molecule has 2 heterocycles. The van der Waals surface area contributed by atoms with Crippen LogP contribution in [-0.4, -0.2) is 30.6 Å². The second-order valence-corrected chi connectivity index (χ2v) is 3.66. The summed E-state index contributed by atoms with van der Waals surface area (Å²) in [6.07, 6.45) is 3.97. The van der Waals surface area contributed by atoms with Crippen molar-refractivity contribution in [2.24, 2.45) is 11.7 Å². The Hall–Kier alpha value is -0.0800. The quantitative estimate of drug-likeness (QED) is 0.558. The van der Waals surface area contributed by atoms with E-state index in [1.165, 1.54) is 38.9 Å². The normalized spacial score (nSPS) is 42.8. The van der Waals surface area contributed by atoms with Gasteiger partial charge in [-0.15, -0.1) is 0 Å². The highest BCUT2D eigenvalue weighted by Crippen LogP contribution is 2.24. The van der Waals surface area contributed by atoms with Crippen LogP contribution >= 0.6 is 0 Å². The number of piperidine rings is 2. The summed E-state index contributed by atoms with van der Waals surface area (Å²) in [4.78, 5) is 2.55. The second kappa shape index (κ2) is 3.55. The zero-order chi connectivity index (χ0) is 6.97. The maximum absolute atomic E-state index is 5.96. The van der Waals surface area contributed by atoms with E-state index >= 15 is 0 Å². The van der Waals surface area contributed by atoms with Crippen molar-refractivity contribution in [2.45, 2.75) is 25.3 Å². The zero-order valence-electron chi connectivity index (χ0n) is 7.13. The molecule has 2 N–H and O–H groups in total. The first-order valence-corrected chi connectivity index (χ1v) is 4.34. The minimum Gasteiger partial charge on any atom is -0.327 e. The lowest BCUT2D eigenvalue weighted by Gasteiger charge is -2.41. The fourth-order valence-corrected chi connectivity index (χ4v) is 2.21. The van der Waals surface area contributed by atoms with E-state index in [-0.39, 0.29) is 7.43 Å². The van der Waals surface area contributed by atoms with Crippen LogP contribution in [0.1, 0.15) is 19.3 Å². The standard InChI is InChI=1S/C8H16N2.CH2/c9-8-3-5-10-4-1-2-7(8)6-10;/h7-8H,1-6,9H2;1H2. The maximum atomic E-state index is 5.96. The minimum atomic E-state index is 0. The zero-order valence-corrected chi connectivity index (χ0v) is 7.13. The molecule has 0 aromatic heterocycles. The fraction of sp³-hybridized carbons (Fsp3) is 0.889. The van der Waals surface area contributed by atoms with Crippen molar-refractivity contribution in [3.05, 3.63) is 7.43 Å². The average molecular weight is 154 g/mol. The molecule has 0 aromatic rings. The van der Waals surface area contributed by atoms with Crippen molar-refractivity contribution in [2.75, 3.05) is 19.6 Å². The predicted octanol–water partition coefficient (Wildman–Crippen LogP) is 0.757. The van der Waals surface area contributed by atoms with E-state index in [9.17, 15) is 0 Å². The van der Waals surface area contributed by atoms with E-state index in [4.69, 9.17) is 5.73 Å². The average Bonchev–Trinajstić information content (AvgIpc) is 1.99. The van der Waals surface area contributed by atoms with Crippen LogP contribution in [0.15, 0.2) is 0 Å². The number of fused-ring (bicyclic) bond motifs is 2. The molecule has 2 rings (SSSR count). The molecule has 0 spiro atoms. The van der Waals surface area contributed by atoms with Crippen LogP contribution in [0.4, 0.5) is 0 Å². The molecule has 0 aromatic carbocycles. The summed E-state index contributed by atoms with van der Waals surface area (Å²) in [6, 6.07) is 0.511. The highest BCUT2D eigenvalue weighted by atomic mass is 15.1. The van der Waals surface area contributed by atoms with Crippen molar-refractivity contribution in [3.63, 3.8) is 0 Å². The van der Waals surface area contributed by atoms with Gasteiger partial charge in [0.1, 0.15) is 0 Å². The molecule has 2 radical (unpaired) electrons. The third-order valence-electron chi connectivity index (χ3n) is 2.93.